The number of benzene rings is 2. The third-order valence-corrected chi connectivity index (χ3v) is 4.29. The predicted octanol–water partition coefficient (Wildman–Crippen LogP) is 4.50. The summed E-state index contributed by atoms with van der Waals surface area (Å²) in [5.74, 6) is 1.57. The number of amides is 1. The molecule has 2 N–H and O–H groups in total. The highest BCUT2D eigenvalue weighted by atomic mass is 35.5. The quantitative estimate of drug-likeness (QED) is 0.696. The zero-order valence-corrected chi connectivity index (χ0v) is 15.0. The average molecular weight is 382 g/mol. The molecule has 136 valence electrons. The molecular formula is C20H16ClN3O3. The normalized spacial score (nSPS) is 12.3. The van der Waals surface area contributed by atoms with Crippen molar-refractivity contribution in [2.75, 3.05) is 23.8 Å². The van der Waals surface area contributed by atoms with Crippen LogP contribution in [0, 0.1) is 0 Å². The van der Waals surface area contributed by atoms with Gasteiger partial charge in [-0.3, -0.25) is 4.79 Å². The summed E-state index contributed by atoms with van der Waals surface area (Å²) in [7, 11) is 0. The highest BCUT2D eigenvalue weighted by molar-refractivity contribution is 6.33. The maximum atomic E-state index is 12.6. The Kier molecular flexibility index (Phi) is 4.80. The molecule has 1 aliphatic heterocycles. The molecule has 0 radical (unpaired) electrons. The molecule has 27 heavy (non-hydrogen) atoms. The van der Waals surface area contributed by atoms with E-state index in [4.69, 9.17) is 21.1 Å². The number of ether oxygens (including phenoxy) is 2. The first-order valence-corrected chi connectivity index (χ1v) is 8.75. The van der Waals surface area contributed by atoms with E-state index >= 15 is 0 Å². The van der Waals surface area contributed by atoms with E-state index in [1.165, 1.54) is 0 Å². The van der Waals surface area contributed by atoms with Crippen LogP contribution in [-0.4, -0.2) is 24.1 Å². The number of fused-ring (bicyclic) bond motifs is 1. The Bertz CT molecular complexity index is 994. The Balaban J connectivity index is 1.50. The van der Waals surface area contributed by atoms with E-state index in [-0.39, 0.29) is 5.91 Å². The minimum atomic E-state index is -0.253. The summed E-state index contributed by atoms with van der Waals surface area (Å²) in [5, 5.41) is 6.54. The molecule has 1 aliphatic rings. The van der Waals surface area contributed by atoms with Crippen LogP contribution in [0.25, 0.3) is 0 Å². The Labute approximate surface area is 161 Å². The van der Waals surface area contributed by atoms with Gasteiger partial charge in [-0.15, -0.1) is 0 Å². The van der Waals surface area contributed by atoms with Gasteiger partial charge in [0.05, 0.1) is 10.7 Å². The molecule has 0 unspecified atom stereocenters. The zero-order valence-electron chi connectivity index (χ0n) is 14.2. The largest absolute Gasteiger partial charge is 0.486 e. The molecule has 2 aromatic carbocycles. The van der Waals surface area contributed by atoms with E-state index < -0.39 is 0 Å². The van der Waals surface area contributed by atoms with Crippen molar-refractivity contribution in [2.24, 2.45) is 0 Å². The van der Waals surface area contributed by atoms with E-state index in [0.717, 1.165) is 5.69 Å². The fourth-order valence-electron chi connectivity index (χ4n) is 2.67. The van der Waals surface area contributed by atoms with Gasteiger partial charge >= 0.3 is 0 Å². The van der Waals surface area contributed by atoms with Gasteiger partial charge in [0.15, 0.2) is 11.5 Å². The van der Waals surface area contributed by atoms with Crippen LogP contribution >= 0.6 is 11.6 Å². The number of anilines is 3. The van der Waals surface area contributed by atoms with E-state index in [9.17, 15) is 4.79 Å². The lowest BCUT2D eigenvalue weighted by Gasteiger charge is -2.19. The lowest BCUT2D eigenvalue weighted by atomic mass is 10.2. The first-order chi connectivity index (χ1) is 13.2. The number of carbonyl (C=O) groups excluding carboxylic acids is 1. The maximum absolute atomic E-state index is 12.6. The first-order valence-electron chi connectivity index (χ1n) is 8.38. The molecular weight excluding hydrogens is 366 g/mol. The summed E-state index contributed by atoms with van der Waals surface area (Å²) in [6.45, 7) is 1.02. The van der Waals surface area contributed by atoms with E-state index in [1.54, 1.807) is 42.6 Å². The second kappa shape index (κ2) is 7.55. The van der Waals surface area contributed by atoms with Crippen molar-refractivity contribution in [1.29, 1.82) is 0 Å². The second-order valence-electron chi connectivity index (χ2n) is 5.85. The highest BCUT2D eigenvalue weighted by Gasteiger charge is 2.14. The van der Waals surface area contributed by atoms with Crippen molar-refractivity contribution in [1.82, 2.24) is 4.98 Å². The van der Waals surface area contributed by atoms with Gasteiger partial charge in [-0.25, -0.2) is 4.98 Å². The molecule has 4 rings (SSSR count). The topological polar surface area (TPSA) is 72.5 Å². The van der Waals surface area contributed by atoms with Crippen LogP contribution in [0.2, 0.25) is 5.02 Å². The average Bonchev–Trinajstić information content (AvgIpc) is 2.70. The molecule has 6 nitrogen and oxygen atoms in total. The van der Waals surface area contributed by atoms with E-state index in [2.05, 4.69) is 15.6 Å². The third-order valence-electron chi connectivity index (χ3n) is 3.96. The van der Waals surface area contributed by atoms with Gasteiger partial charge in [-0.05, 0) is 36.4 Å². The number of hydrogen-bond acceptors (Lipinski definition) is 5. The number of hydrogen-bond donors (Lipinski definition) is 2. The second-order valence-corrected chi connectivity index (χ2v) is 6.25. The molecule has 7 heteroatoms. The monoisotopic (exact) mass is 381 g/mol. The van der Waals surface area contributed by atoms with Gasteiger partial charge in [0.1, 0.15) is 19.0 Å². The number of nitrogens with one attached hydrogen (secondary N) is 2. The summed E-state index contributed by atoms with van der Waals surface area (Å²) >= 11 is 6.15. The molecule has 0 bridgehead atoms. The van der Waals surface area contributed by atoms with Gasteiger partial charge in [0.25, 0.3) is 5.91 Å². The molecule has 0 atom stereocenters. The molecule has 0 fully saturated rings. The standard InChI is InChI=1S/C20H16ClN3O3/c21-15-3-1-2-4-16(15)24-19-11-13(7-8-22-19)20(25)23-14-5-6-17-18(12-14)27-10-9-26-17/h1-8,11-12H,9-10H2,(H,22,24)(H,23,25). The smallest absolute Gasteiger partial charge is 0.255 e. The SMILES string of the molecule is O=C(Nc1ccc2c(c1)OCCO2)c1ccnc(Nc2ccccc2Cl)c1. The van der Waals surface area contributed by atoms with Crippen LogP contribution in [0.1, 0.15) is 10.4 Å². The van der Waals surface area contributed by atoms with Gasteiger partial charge in [0.2, 0.25) is 0 Å². The number of para-hydroxylation sites is 1. The summed E-state index contributed by atoms with van der Waals surface area (Å²) < 4.78 is 11.0. The number of aromatic nitrogens is 1. The van der Waals surface area contributed by atoms with Crippen molar-refractivity contribution < 1.29 is 14.3 Å². The van der Waals surface area contributed by atoms with Crippen molar-refractivity contribution in [3.05, 3.63) is 71.4 Å². The van der Waals surface area contributed by atoms with Crippen molar-refractivity contribution in [3.8, 4) is 11.5 Å². The molecule has 0 saturated carbocycles. The number of pyridine rings is 1. The molecule has 2 heterocycles. The third kappa shape index (κ3) is 3.96. The summed E-state index contributed by atoms with van der Waals surface area (Å²) in [6, 6.07) is 15.9. The summed E-state index contributed by atoms with van der Waals surface area (Å²) in [4.78, 5) is 16.8. The van der Waals surface area contributed by atoms with Crippen molar-refractivity contribution in [2.45, 2.75) is 0 Å². The zero-order chi connectivity index (χ0) is 18.6. The molecule has 0 aliphatic carbocycles. The Morgan fingerprint density at radius 2 is 1.81 bits per heavy atom. The first kappa shape index (κ1) is 17.2. The van der Waals surface area contributed by atoms with Gasteiger partial charge in [-0.1, -0.05) is 23.7 Å². The van der Waals surface area contributed by atoms with Crippen LogP contribution in [0.15, 0.2) is 60.8 Å². The fraction of sp³-hybridized carbons (Fsp3) is 0.100. The minimum absolute atomic E-state index is 0.253. The predicted molar refractivity (Wildman–Crippen MR) is 104 cm³/mol. The van der Waals surface area contributed by atoms with Crippen LogP contribution < -0.4 is 20.1 Å². The van der Waals surface area contributed by atoms with Crippen molar-refractivity contribution >= 4 is 34.7 Å². The molecule has 3 aromatic rings. The van der Waals surface area contributed by atoms with Crippen LogP contribution in [-0.2, 0) is 0 Å². The van der Waals surface area contributed by atoms with Gasteiger partial charge < -0.3 is 20.1 Å². The lowest BCUT2D eigenvalue weighted by Crippen LogP contribution is -2.16. The Morgan fingerprint density at radius 1 is 1.00 bits per heavy atom. The molecule has 0 saturated heterocycles. The lowest BCUT2D eigenvalue weighted by molar-refractivity contribution is 0.102. The van der Waals surface area contributed by atoms with Crippen molar-refractivity contribution in [3.63, 3.8) is 0 Å². The minimum Gasteiger partial charge on any atom is -0.486 e. The van der Waals surface area contributed by atoms with Crippen LogP contribution in [0.3, 0.4) is 0 Å². The van der Waals surface area contributed by atoms with Crippen LogP contribution in [0.5, 0.6) is 11.5 Å². The molecule has 0 spiro atoms. The highest BCUT2D eigenvalue weighted by Crippen LogP contribution is 2.32. The molecule has 1 amide bonds. The Morgan fingerprint density at radius 3 is 2.67 bits per heavy atom. The van der Waals surface area contributed by atoms with E-state index in [0.29, 0.717) is 46.8 Å². The number of rotatable bonds is 4. The molecule has 1 aromatic heterocycles. The number of carbonyl (C=O) groups is 1. The Hall–Kier alpha value is -3.25. The number of halogens is 1. The van der Waals surface area contributed by atoms with Gasteiger partial charge in [-0.2, -0.15) is 0 Å². The van der Waals surface area contributed by atoms with Gasteiger partial charge in [0, 0.05) is 23.5 Å². The summed E-state index contributed by atoms with van der Waals surface area (Å²) in [5.41, 5.74) is 1.81. The maximum Gasteiger partial charge on any atom is 0.255 e. The van der Waals surface area contributed by atoms with E-state index in [1.807, 2.05) is 18.2 Å². The fourth-order valence-corrected chi connectivity index (χ4v) is 2.85. The summed E-state index contributed by atoms with van der Waals surface area (Å²) in [6.07, 6.45) is 1.57. The van der Waals surface area contributed by atoms with Crippen LogP contribution in [0.4, 0.5) is 17.2 Å². The number of nitrogens with zero attached hydrogens (tertiary/aromatic N) is 1.